The highest BCUT2D eigenvalue weighted by atomic mass is 79.9. The van der Waals surface area contributed by atoms with Crippen LogP contribution >= 0.6 is 27.3 Å². The third-order valence-electron chi connectivity index (χ3n) is 3.52. The number of rotatable bonds is 3. The average Bonchev–Trinajstić information content (AvgIpc) is 2.87. The topological polar surface area (TPSA) is 35.5 Å². The second-order valence-electron chi connectivity index (χ2n) is 4.90. The lowest BCUT2D eigenvalue weighted by Gasteiger charge is -2.09. The van der Waals surface area contributed by atoms with Crippen LogP contribution in [0.2, 0.25) is 0 Å². The largest absolute Gasteiger partial charge is 0.495 e. The van der Waals surface area contributed by atoms with Gasteiger partial charge in [0.25, 0.3) is 0 Å². The molecule has 0 saturated heterocycles. The molecule has 23 heavy (non-hydrogen) atoms. The average molecular weight is 391 g/mol. The number of fused-ring (bicyclic) bond motifs is 2. The molecule has 0 saturated carbocycles. The Labute approximate surface area is 147 Å². The number of halogens is 1. The SMILES string of the molecule is CCOC(=O)/C=C1/c2ccccc2C=C(OC)c2sc(Br)cc21. The van der Waals surface area contributed by atoms with Gasteiger partial charge in [0.05, 0.1) is 22.4 Å². The third-order valence-corrected chi connectivity index (χ3v) is 5.17. The molecule has 118 valence electrons. The molecule has 0 atom stereocenters. The summed E-state index contributed by atoms with van der Waals surface area (Å²) in [5.74, 6) is 0.446. The first-order valence-corrected chi connectivity index (χ1v) is 8.78. The summed E-state index contributed by atoms with van der Waals surface area (Å²) in [6.45, 7) is 2.15. The Hall–Kier alpha value is -1.85. The van der Waals surface area contributed by atoms with Gasteiger partial charge in [0.1, 0.15) is 5.76 Å². The molecule has 1 aliphatic carbocycles. The third kappa shape index (κ3) is 3.12. The molecule has 1 aromatic heterocycles. The van der Waals surface area contributed by atoms with Gasteiger partial charge in [-0.05, 0) is 51.7 Å². The molecular formula is C18H15BrO3S. The Kier molecular flexibility index (Phi) is 4.68. The first-order valence-electron chi connectivity index (χ1n) is 7.17. The fourth-order valence-corrected chi connectivity index (χ4v) is 4.18. The Morgan fingerprint density at radius 3 is 2.83 bits per heavy atom. The molecule has 5 heteroatoms. The van der Waals surface area contributed by atoms with Crippen molar-refractivity contribution in [2.45, 2.75) is 6.92 Å². The number of benzene rings is 1. The fourth-order valence-electron chi connectivity index (χ4n) is 2.57. The second-order valence-corrected chi connectivity index (χ2v) is 7.33. The summed E-state index contributed by atoms with van der Waals surface area (Å²) in [5, 5.41) is 0. The lowest BCUT2D eigenvalue weighted by atomic mass is 9.96. The van der Waals surface area contributed by atoms with E-state index in [1.807, 2.05) is 36.4 Å². The van der Waals surface area contributed by atoms with E-state index in [4.69, 9.17) is 9.47 Å². The Balaban J connectivity index is 2.27. The van der Waals surface area contributed by atoms with Crippen molar-refractivity contribution in [3.63, 3.8) is 0 Å². The number of ether oxygens (including phenoxy) is 2. The van der Waals surface area contributed by atoms with E-state index in [1.165, 1.54) is 0 Å². The van der Waals surface area contributed by atoms with Crippen molar-refractivity contribution in [3.05, 3.63) is 61.8 Å². The van der Waals surface area contributed by atoms with Gasteiger partial charge in [-0.2, -0.15) is 0 Å². The zero-order valence-electron chi connectivity index (χ0n) is 12.8. The Morgan fingerprint density at radius 1 is 1.30 bits per heavy atom. The lowest BCUT2D eigenvalue weighted by Crippen LogP contribution is -2.02. The molecule has 3 nitrogen and oxygen atoms in total. The molecule has 0 radical (unpaired) electrons. The maximum absolute atomic E-state index is 12.0. The van der Waals surface area contributed by atoms with Crippen molar-refractivity contribution in [1.82, 2.24) is 0 Å². The van der Waals surface area contributed by atoms with E-state index in [0.717, 1.165) is 36.7 Å². The summed E-state index contributed by atoms with van der Waals surface area (Å²) in [6.07, 6.45) is 3.57. The van der Waals surface area contributed by atoms with Crippen LogP contribution in [0.4, 0.5) is 0 Å². The highest BCUT2D eigenvalue weighted by molar-refractivity contribution is 9.11. The van der Waals surface area contributed by atoms with E-state index in [0.29, 0.717) is 6.61 Å². The van der Waals surface area contributed by atoms with Crippen molar-refractivity contribution in [2.75, 3.05) is 13.7 Å². The zero-order chi connectivity index (χ0) is 16.4. The predicted molar refractivity (Wildman–Crippen MR) is 97.1 cm³/mol. The quantitative estimate of drug-likeness (QED) is 0.548. The summed E-state index contributed by atoms with van der Waals surface area (Å²) in [7, 11) is 1.66. The summed E-state index contributed by atoms with van der Waals surface area (Å²) in [4.78, 5) is 13.0. The highest BCUT2D eigenvalue weighted by Gasteiger charge is 2.23. The first-order chi connectivity index (χ1) is 11.1. The smallest absolute Gasteiger partial charge is 0.331 e. The predicted octanol–water partition coefficient (Wildman–Crippen LogP) is 4.96. The summed E-state index contributed by atoms with van der Waals surface area (Å²) in [6, 6.07) is 9.97. The van der Waals surface area contributed by atoms with Crippen LogP contribution in [0.1, 0.15) is 28.5 Å². The molecular weight excluding hydrogens is 376 g/mol. The number of hydrogen-bond acceptors (Lipinski definition) is 4. The monoisotopic (exact) mass is 390 g/mol. The van der Waals surface area contributed by atoms with Crippen molar-refractivity contribution in [3.8, 4) is 0 Å². The minimum Gasteiger partial charge on any atom is -0.495 e. The molecule has 0 unspecified atom stereocenters. The molecule has 1 aliphatic rings. The van der Waals surface area contributed by atoms with Gasteiger partial charge in [0, 0.05) is 11.6 Å². The van der Waals surface area contributed by atoms with Crippen LogP contribution in [0.5, 0.6) is 0 Å². The standard InChI is InChI=1S/C18H15BrO3S/c1-3-22-17(20)10-13-12-7-5-4-6-11(12)8-15(21-2)18-14(13)9-16(19)23-18/h4-10H,3H2,1-2H3/b13-10-. The first kappa shape index (κ1) is 16.0. The maximum Gasteiger partial charge on any atom is 0.331 e. The van der Waals surface area contributed by atoms with Crippen LogP contribution in [0, 0.1) is 0 Å². The van der Waals surface area contributed by atoms with Crippen LogP contribution in [0.15, 0.2) is 40.2 Å². The van der Waals surface area contributed by atoms with Gasteiger partial charge in [0.15, 0.2) is 0 Å². The van der Waals surface area contributed by atoms with Crippen LogP contribution in [0.3, 0.4) is 0 Å². The van der Waals surface area contributed by atoms with E-state index in [1.54, 1.807) is 31.4 Å². The number of hydrogen-bond donors (Lipinski definition) is 0. The number of carbonyl (C=O) groups is 1. The van der Waals surface area contributed by atoms with E-state index in [2.05, 4.69) is 15.9 Å². The van der Waals surface area contributed by atoms with Gasteiger partial charge in [-0.15, -0.1) is 11.3 Å². The van der Waals surface area contributed by atoms with E-state index >= 15 is 0 Å². The number of methoxy groups -OCH3 is 1. The number of thiophene rings is 1. The van der Waals surface area contributed by atoms with Crippen LogP contribution < -0.4 is 0 Å². The molecule has 3 rings (SSSR count). The van der Waals surface area contributed by atoms with E-state index < -0.39 is 0 Å². The van der Waals surface area contributed by atoms with Crippen LogP contribution in [0.25, 0.3) is 17.4 Å². The molecule has 0 amide bonds. The molecule has 0 spiro atoms. The Bertz CT molecular complexity index is 817. The van der Waals surface area contributed by atoms with Crippen molar-refractivity contribution in [1.29, 1.82) is 0 Å². The van der Waals surface area contributed by atoms with Gasteiger partial charge in [-0.1, -0.05) is 24.3 Å². The molecule has 0 fully saturated rings. The lowest BCUT2D eigenvalue weighted by molar-refractivity contribution is -0.137. The number of carbonyl (C=O) groups excluding carboxylic acids is 1. The molecule has 2 aromatic rings. The highest BCUT2D eigenvalue weighted by Crippen LogP contribution is 2.43. The molecule has 0 aliphatic heterocycles. The van der Waals surface area contributed by atoms with Crippen molar-refractivity contribution in [2.24, 2.45) is 0 Å². The zero-order valence-corrected chi connectivity index (χ0v) is 15.2. The maximum atomic E-state index is 12.0. The van der Waals surface area contributed by atoms with Crippen molar-refractivity contribution >= 4 is 50.6 Å². The Morgan fingerprint density at radius 2 is 2.09 bits per heavy atom. The molecule has 0 N–H and O–H groups in total. The van der Waals surface area contributed by atoms with Crippen LogP contribution in [-0.4, -0.2) is 19.7 Å². The van der Waals surface area contributed by atoms with E-state index in [9.17, 15) is 4.79 Å². The van der Waals surface area contributed by atoms with E-state index in [-0.39, 0.29) is 5.97 Å². The second kappa shape index (κ2) is 6.72. The molecule has 1 aromatic carbocycles. The fraction of sp³-hybridized carbons (Fsp3) is 0.167. The van der Waals surface area contributed by atoms with Gasteiger partial charge < -0.3 is 9.47 Å². The van der Waals surface area contributed by atoms with Gasteiger partial charge >= 0.3 is 5.97 Å². The molecule has 0 bridgehead atoms. The minimum atomic E-state index is -0.341. The summed E-state index contributed by atoms with van der Waals surface area (Å²) < 4.78 is 11.7. The summed E-state index contributed by atoms with van der Waals surface area (Å²) >= 11 is 5.11. The van der Waals surface area contributed by atoms with Gasteiger partial charge in [0.2, 0.25) is 0 Å². The summed E-state index contributed by atoms with van der Waals surface area (Å²) in [5.41, 5.74) is 3.81. The molecule has 1 heterocycles. The van der Waals surface area contributed by atoms with Crippen LogP contribution in [-0.2, 0) is 14.3 Å². The minimum absolute atomic E-state index is 0.341. The number of esters is 1. The van der Waals surface area contributed by atoms with Gasteiger partial charge in [-0.3, -0.25) is 0 Å². The van der Waals surface area contributed by atoms with Gasteiger partial charge in [-0.25, -0.2) is 4.79 Å². The van der Waals surface area contributed by atoms with Crippen molar-refractivity contribution < 1.29 is 14.3 Å². The normalized spacial score (nSPS) is 14.6.